The number of carboxylic acids is 2. The molecule has 3 aliphatic rings. The average Bonchev–Trinajstić information content (AvgIpc) is 3.29. The minimum Gasteiger partial charge on any atom is -0.478 e. The molecule has 2 aliphatic heterocycles. The molecule has 0 saturated carbocycles. The van der Waals surface area contributed by atoms with E-state index in [9.17, 15) is 14.4 Å². The summed E-state index contributed by atoms with van der Waals surface area (Å²) in [4.78, 5) is 34.0. The molecule has 8 nitrogen and oxygen atoms in total. The van der Waals surface area contributed by atoms with Crippen molar-refractivity contribution in [1.82, 2.24) is 4.90 Å². The Kier molecular flexibility index (Phi) is 9.46. The van der Waals surface area contributed by atoms with E-state index in [0.717, 1.165) is 38.8 Å². The van der Waals surface area contributed by atoms with Gasteiger partial charge in [0.2, 0.25) is 0 Å². The predicted molar refractivity (Wildman–Crippen MR) is 119 cm³/mol. The first-order valence-electron chi connectivity index (χ1n) is 11.4. The van der Waals surface area contributed by atoms with E-state index in [1.807, 2.05) is 0 Å². The number of esters is 1. The van der Waals surface area contributed by atoms with Gasteiger partial charge in [0.05, 0.1) is 11.5 Å². The SMILES string of the molecule is CCCCN(C)C[C@@H]1C(=O)O[C@H]2[C@H]1CCC(C)=CCC[C@@]1(C)O[C@@H]21.O=C(O)/C=C/C(=O)O. The highest BCUT2D eigenvalue weighted by molar-refractivity contribution is 5.89. The van der Waals surface area contributed by atoms with E-state index in [0.29, 0.717) is 12.2 Å². The Morgan fingerprint density at radius 3 is 2.53 bits per heavy atom. The third-order valence-corrected chi connectivity index (χ3v) is 6.51. The summed E-state index contributed by atoms with van der Waals surface area (Å²) in [7, 11) is 2.12. The number of carbonyl (C=O) groups is 3. The molecular weight excluding hydrogens is 414 g/mol. The molecule has 32 heavy (non-hydrogen) atoms. The van der Waals surface area contributed by atoms with Gasteiger partial charge in [-0.05, 0) is 59.5 Å². The van der Waals surface area contributed by atoms with Crippen molar-refractivity contribution in [3.05, 3.63) is 23.8 Å². The fourth-order valence-electron chi connectivity index (χ4n) is 4.55. The highest BCUT2D eigenvalue weighted by Gasteiger charge is 2.62. The van der Waals surface area contributed by atoms with Gasteiger partial charge in [0, 0.05) is 24.6 Å². The maximum absolute atomic E-state index is 12.6. The summed E-state index contributed by atoms with van der Waals surface area (Å²) in [6, 6.07) is 0. The largest absolute Gasteiger partial charge is 0.478 e. The van der Waals surface area contributed by atoms with Gasteiger partial charge in [-0.3, -0.25) is 4.79 Å². The Morgan fingerprint density at radius 1 is 1.28 bits per heavy atom. The van der Waals surface area contributed by atoms with E-state index < -0.39 is 11.9 Å². The molecule has 0 unspecified atom stereocenters. The minimum absolute atomic E-state index is 0.00228. The molecule has 0 aromatic rings. The van der Waals surface area contributed by atoms with Gasteiger partial charge >= 0.3 is 17.9 Å². The molecular formula is C24H37NO7. The van der Waals surface area contributed by atoms with Gasteiger partial charge in [0.25, 0.3) is 0 Å². The average molecular weight is 452 g/mol. The van der Waals surface area contributed by atoms with Crippen LogP contribution in [0.4, 0.5) is 0 Å². The summed E-state index contributed by atoms with van der Waals surface area (Å²) in [6.45, 7) is 8.45. The van der Waals surface area contributed by atoms with E-state index in [2.05, 4.69) is 38.8 Å². The predicted octanol–water partition coefficient (Wildman–Crippen LogP) is 3.27. The van der Waals surface area contributed by atoms with Gasteiger partial charge < -0.3 is 24.6 Å². The molecule has 2 N–H and O–H groups in total. The third-order valence-electron chi connectivity index (χ3n) is 6.51. The van der Waals surface area contributed by atoms with Gasteiger partial charge in [-0.15, -0.1) is 0 Å². The molecule has 0 amide bonds. The van der Waals surface area contributed by atoms with Crippen molar-refractivity contribution < 1.29 is 34.1 Å². The molecule has 0 aromatic carbocycles. The van der Waals surface area contributed by atoms with E-state index >= 15 is 0 Å². The summed E-state index contributed by atoms with van der Waals surface area (Å²) >= 11 is 0. The molecule has 2 saturated heterocycles. The van der Waals surface area contributed by atoms with Crippen LogP contribution in [-0.4, -0.2) is 71.0 Å². The smallest absolute Gasteiger partial charge is 0.328 e. The topological polar surface area (TPSA) is 117 Å². The van der Waals surface area contributed by atoms with Crippen LogP contribution < -0.4 is 0 Å². The van der Waals surface area contributed by atoms with E-state index in [4.69, 9.17) is 19.7 Å². The molecule has 180 valence electrons. The summed E-state index contributed by atoms with van der Waals surface area (Å²) in [5.74, 6) is -2.24. The lowest BCUT2D eigenvalue weighted by Crippen LogP contribution is -2.35. The van der Waals surface area contributed by atoms with Crippen molar-refractivity contribution >= 4 is 17.9 Å². The summed E-state index contributed by atoms with van der Waals surface area (Å²) in [5, 5.41) is 15.6. The molecule has 1 aliphatic carbocycles. The minimum atomic E-state index is -1.26. The Labute approximate surface area is 190 Å². The van der Waals surface area contributed by atoms with Crippen LogP contribution in [0.25, 0.3) is 0 Å². The second-order valence-electron chi connectivity index (χ2n) is 9.28. The number of hydrogen-bond acceptors (Lipinski definition) is 6. The van der Waals surface area contributed by atoms with Crippen molar-refractivity contribution in [2.75, 3.05) is 20.1 Å². The zero-order valence-corrected chi connectivity index (χ0v) is 19.6. The number of carbonyl (C=O) groups excluding carboxylic acids is 1. The van der Waals surface area contributed by atoms with Gasteiger partial charge in [-0.2, -0.15) is 0 Å². The fourth-order valence-corrected chi connectivity index (χ4v) is 4.55. The third kappa shape index (κ3) is 7.45. The van der Waals surface area contributed by atoms with Crippen molar-refractivity contribution in [1.29, 1.82) is 0 Å². The lowest BCUT2D eigenvalue weighted by molar-refractivity contribution is -0.145. The summed E-state index contributed by atoms with van der Waals surface area (Å²) in [5.41, 5.74) is 1.34. The Morgan fingerprint density at radius 2 is 1.94 bits per heavy atom. The van der Waals surface area contributed by atoms with Gasteiger partial charge in [0.15, 0.2) is 0 Å². The number of nitrogens with zero attached hydrogens (tertiary/aromatic N) is 1. The first-order chi connectivity index (χ1) is 15.1. The van der Waals surface area contributed by atoms with Gasteiger partial charge in [-0.25, -0.2) is 9.59 Å². The number of ether oxygens (including phenoxy) is 2. The Bertz CT molecular complexity index is 731. The molecule has 0 bridgehead atoms. The van der Waals surface area contributed by atoms with Crippen LogP contribution in [-0.2, 0) is 23.9 Å². The molecule has 0 spiro atoms. The normalized spacial score (nSPS) is 31.7. The Hall–Kier alpha value is -2.19. The van der Waals surface area contributed by atoms with Crippen LogP contribution in [0.2, 0.25) is 0 Å². The summed E-state index contributed by atoms with van der Waals surface area (Å²) in [6.07, 6.45) is 10.1. The number of aliphatic carboxylic acids is 2. The van der Waals surface area contributed by atoms with Crippen LogP contribution >= 0.6 is 0 Å². The molecule has 2 fully saturated rings. The number of rotatable bonds is 7. The van der Waals surface area contributed by atoms with Crippen molar-refractivity contribution in [2.45, 2.75) is 77.1 Å². The lowest BCUT2D eigenvalue weighted by Gasteiger charge is -2.25. The zero-order valence-electron chi connectivity index (χ0n) is 19.6. The molecule has 0 radical (unpaired) electrons. The van der Waals surface area contributed by atoms with Crippen LogP contribution in [0.1, 0.15) is 59.3 Å². The standard InChI is InChI=1S/C20H33NO3.C4H4O4/c1-5-6-12-21(4)13-16-15-10-9-14(2)8-7-11-20(3)18(24-20)17(15)23-19(16)22;5-3(6)1-2-4(7)8/h8,15-18H,5-7,9-13H2,1-4H3;1-2H,(H,5,6)(H,7,8)/b;2-1+/t15-,16-,17-,18-,20+;/m0./s1. The van der Waals surface area contributed by atoms with Crippen molar-refractivity contribution in [2.24, 2.45) is 11.8 Å². The lowest BCUT2D eigenvalue weighted by atomic mass is 9.80. The first kappa shape index (κ1) is 26.1. The quantitative estimate of drug-likeness (QED) is 0.262. The van der Waals surface area contributed by atoms with Crippen LogP contribution in [0.3, 0.4) is 0 Å². The highest BCUT2D eigenvalue weighted by atomic mass is 16.6. The summed E-state index contributed by atoms with van der Waals surface area (Å²) < 4.78 is 11.9. The van der Waals surface area contributed by atoms with E-state index in [1.165, 1.54) is 18.4 Å². The maximum atomic E-state index is 12.6. The monoisotopic (exact) mass is 451 g/mol. The number of hydrogen-bond donors (Lipinski definition) is 2. The van der Waals surface area contributed by atoms with Crippen molar-refractivity contribution in [3.63, 3.8) is 0 Å². The van der Waals surface area contributed by atoms with Gasteiger partial charge in [0.1, 0.15) is 12.2 Å². The van der Waals surface area contributed by atoms with Crippen LogP contribution in [0.15, 0.2) is 23.8 Å². The molecule has 2 heterocycles. The van der Waals surface area contributed by atoms with Crippen molar-refractivity contribution in [3.8, 4) is 0 Å². The zero-order chi connectivity index (χ0) is 23.9. The van der Waals surface area contributed by atoms with Crippen LogP contribution in [0, 0.1) is 11.8 Å². The van der Waals surface area contributed by atoms with Gasteiger partial charge in [-0.1, -0.05) is 25.0 Å². The number of unbranched alkanes of at least 4 members (excludes halogenated alkanes) is 1. The fraction of sp³-hybridized carbons (Fsp3) is 0.708. The Balaban J connectivity index is 0.000000390. The number of allylic oxidation sites excluding steroid dienone is 2. The second kappa shape index (κ2) is 11.6. The van der Waals surface area contributed by atoms with E-state index in [1.54, 1.807) is 0 Å². The number of fused-ring (bicyclic) bond motifs is 3. The molecule has 5 atom stereocenters. The van der Waals surface area contributed by atoms with E-state index in [-0.39, 0.29) is 35.6 Å². The number of carboxylic acid groups (broad SMARTS) is 2. The number of epoxide rings is 1. The first-order valence-corrected chi connectivity index (χ1v) is 11.4. The molecule has 0 aromatic heterocycles. The highest BCUT2D eigenvalue weighted by Crippen LogP contribution is 2.50. The molecule has 8 heteroatoms. The van der Waals surface area contributed by atoms with Crippen LogP contribution in [0.5, 0.6) is 0 Å². The molecule has 3 rings (SSSR count). The maximum Gasteiger partial charge on any atom is 0.328 e. The second-order valence-corrected chi connectivity index (χ2v) is 9.28.